The molecular weight excluding hydrogens is 337 g/mol. The van der Waals surface area contributed by atoms with E-state index in [1.807, 2.05) is 0 Å². The number of ether oxygens (including phenoxy) is 1. The van der Waals surface area contributed by atoms with E-state index in [4.69, 9.17) is 21.4 Å². The van der Waals surface area contributed by atoms with Crippen LogP contribution in [-0.2, 0) is 14.3 Å². The predicted molar refractivity (Wildman–Crippen MR) is 73.3 cm³/mol. The van der Waals surface area contributed by atoms with Gasteiger partial charge in [-0.2, -0.15) is 0 Å². The fraction of sp³-hybridized carbons (Fsp3) is 0.333. The first-order valence-electron chi connectivity index (χ1n) is 5.61. The van der Waals surface area contributed by atoms with Gasteiger partial charge in [0.25, 0.3) is 5.91 Å². The van der Waals surface area contributed by atoms with Gasteiger partial charge in [0.15, 0.2) is 6.10 Å². The largest absolute Gasteiger partial charge is 0.479 e. The van der Waals surface area contributed by atoms with Gasteiger partial charge in [-0.3, -0.25) is 4.79 Å². The van der Waals surface area contributed by atoms with E-state index in [0.29, 0.717) is 23.6 Å². The SMILES string of the molecule is O=C(O)C1CCC(C(=O)Nc2ccc(Br)cc2Cl)O1. The summed E-state index contributed by atoms with van der Waals surface area (Å²) in [7, 11) is 0. The van der Waals surface area contributed by atoms with Gasteiger partial charge in [0.1, 0.15) is 6.10 Å². The molecule has 7 heteroatoms. The van der Waals surface area contributed by atoms with Crippen LogP contribution in [0.2, 0.25) is 5.02 Å². The van der Waals surface area contributed by atoms with E-state index in [0.717, 1.165) is 4.47 Å². The predicted octanol–water partition coefficient (Wildman–Crippen LogP) is 2.67. The third-order valence-electron chi connectivity index (χ3n) is 2.78. The van der Waals surface area contributed by atoms with Crippen molar-refractivity contribution in [2.75, 3.05) is 5.32 Å². The number of carboxylic acid groups (broad SMARTS) is 1. The number of nitrogens with one attached hydrogen (secondary N) is 1. The van der Waals surface area contributed by atoms with Crippen molar-refractivity contribution in [2.24, 2.45) is 0 Å². The first kappa shape index (κ1) is 14.3. The second-order valence-electron chi connectivity index (χ2n) is 4.14. The molecule has 2 N–H and O–H groups in total. The Labute approximate surface area is 123 Å². The van der Waals surface area contributed by atoms with Gasteiger partial charge in [-0.15, -0.1) is 0 Å². The topological polar surface area (TPSA) is 75.6 Å². The summed E-state index contributed by atoms with van der Waals surface area (Å²) in [6.45, 7) is 0. The monoisotopic (exact) mass is 347 g/mol. The summed E-state index contributed by atoms with van der Waals surface area (Å²) in [5.41, 5.74) is 0.470. The number of anilines is 1. The highest BCUT2D eigenvalue weighted by molar-refractivity contribution is 9.10. The normalized spacial score (nSPS) is 22.2. The summed E-state index contributed by atoms with van der Waals surface area (Å²) in [6.07, 6.45) is -0.935. The fourth-order valence-electron chi connectivity index (χ4n) is 1.82. The molecule has 2 rings (SSSR count). The highest BCUT2D eigenvalue weighted by Crippen LogP contribution is 2.27. The van der Waals surface area contributed by atoms with Crippen molar-refractivity contribution in [1.82, 2.24) is 0 Å². The minimum Gasteiger partial charge on any atom is -0.479 e. The maximum Gasteiger partial charge on any atom is 0.332 e. The lowest BCUT2D eigenvalue weighted by Crippen LogP contribution is -2.30. The maximum absolute atomic E-state index is 11.9. The summed E-state index contributed by atoms with van der Waals surface area (Å²) >= 11 is 9.25. The van der Waals surface area contributed by atoms with Crippen molar-refractivity contribution in [1.29, 1.82) is 0 Å². The number of benzene rings is 1. The lowest BCUT2D eigenvalue weighted by Gasteiger charge is -2.12. The number of carboxylic acids is 1. The average Bonchev–Trinajstić information content (AvgIpc) is 2.82. The fourth-order valence-corrected chi connectivity index (χ4v) is 2.54. The first-order valence-corrected chi connectivity index (χ1v) is 6.78. The molecule has 0 aromatic heterocycles. The van der Waals surface area contributed by atoms with Crippen molar-refractivity contribution in [3.63, 3.8) is 0 Å². The summed E-state index contributed by atoms with van der Waals surface area (Å²) in [5, 5.41) is 11.8. The van der Waals surface area contributed by atoms with Crippen LogP contribution in [0, 0.1) is 0 Å². The molecule has 1 amide bonds. The molecule has 1 aliphatic heterocycles. The molecule has 5 nitrogen and oxygen atoms in total. The van der Waals surface area contributed by atoms with E-state index >= 15 is 0 Å². The Kier molecular flexibility index (Phi) is 4.44. The Morgan fingerprint density at radius 1 is 1.37 bits per heavy atom. The highest BCUT2D eigenvalue weighted by atomic mass is 79.9. The second kappa shape index (κ2) is 5.90. The van der Waals surface area contributed by atoms with Gasteiger partial charge in [0, 0.05) is 4.47 Å². The van der Waals surface area contributed by atoms with Crippen LogP contribution in [0.1, 0.15) is 12.8 Å². The molecule has 0 spiro atoms. The standard InChI is InChI=1S/C12H11BrClNO4/c13-6-1-2-8(7(14)5-6)15-11(16)9-3-4-10(19-9)12(17)18/h1-2,5,9-10H,3-4H2,(H,15,16)(H,17,18). The zero-order valence-electron chi connectivity index (χ0n) is 9.73. The zero-order valence-corrected chi connectivity index (χ0v) is 12.1. The molecule has 1 aromatic rings. The molecule has 0 bridgehead atoms. The number of halogens is 2. The van der Waals surface area contributed by atoms with Crippen LogP contribution in [-0.4, -0.2) is 29.2 Å². The number of hydrogen-bond acceptors (Lipinski definition) is 3. The Morgan fingerprint density at radius 2 is 2.05 bits per heavy atom. The Morgan fingerprint density at radius 3 is 2.63 bits per heavy atom. The lowest BCUT2D eigenvalue weighted by atomic mass is 10.2. The highest BCUT2D eigenvalue weighted by Gasteiger charge is 2.34. The van der Waals surface area contributed by atoms with Gasteiger partial charge in [0.2, 0.25) is 0 Å². The number of carbonyl (C=O) groups excluding carboxylic acids is 1. The minimum absolute atomic E-state index is 0.335. The van der Waals surface area contributed by atoms with E-state index in [1.165, 1.54) is 0 Å². The molecule has 2 unspecified atom stereocenters. The quantitative estimate of drug-likeness (QED) is 0.880. The van der Waals surface area contributed by atoms with Crippen LogP contribution < -0.4 is 5.32 Å². The Balaban J connectivity index is 2.00. The molecule has 1 aliphatic rings. The first-order chi connectivity index (χ1) is 8.97. The number of amides is 1. The average molecular weight is 349 g/mol. The summed E-state index contributed by atoms with van der Waals surface area (Å²) < 4.78 is 5.96. The van der Waals surface area contributed by atoms with E-state index in [-0.39, 0.29) is 5.91 Å². The molecular formula is C12H11BrClNO4. The van der Waals surface area contributed by atoms with Crippen LogP contribution in [0.4, 0.5) is 5.69 Å². The Bertz CT molecular complexity index is 522. The van der Waals surface area contributed by atoms with Crippen LogP contribution >= 0.6 is 27.5 Å². The minimum atomic E-state index is -1.04. The van der Waals surface area contributed by atoms with Crippen LogP contribution in [0.5, 0.6) is 0 Å². The van der Waals surface area contributed by atoms with E-state index in [2.05, 4.69) is 21.2 Å². The van der Waals surface area contributed by atoms with E-state index < -0.39 is 18.2 Å². The van der Waals surface area contributed by atoms with E-state index in [1.54, 1.807) is 18.2 Å². The third-order valence-corrected chi connectivity index (χ3v) is 3.58. The Hall–Kier alpha value is -1.11. The zero-order chi connectivity index (χ0) is 14.0. The number of rotatable bonds is 3. The number of aliphatic carboxylic acids is 1. The molecule has 1 aromatic carbocycles. The molecule has 102 valence electrons. The maximum atomic E-state index is 11.9. The number of carbonyl (C=O) groups is 2. The molecule has 0 aliphatic carbocycles. The van der Waals surface area contributed by atoms with Gasteiger partial charge < -0.3 is 15.2 Å². The van der Waals surface area contributed by atoms with Gasteiger partial charge in [-0.05, 0) is 31.0 Å². The smallest absolute Gasteiger partial charge is 0.332 e. The van der Waals surface area contributed by atoms with Crippen molar-refractivity contribution in [3.05, 3.63) is 27.7 Å². The molecule has 0 saturated carbocycles. The summed E-state index contributed by atoms with van der Waals surface area (Å²) in [6, 6.07) is 5.07. The van der Waals surface area contributed by atoms with Crippen LogP contribution in [0.15, 0.2) is 22.7 Å². The van der Waals surface area contributed by atoms with Gasteiger partial charge in [-0.25, -0.2) is 4.79 Å². The summed E-state index contributed by atoms with van der Waals surface area (Å²) in [5.74, 6) is -1.43. The van der Waals surface area contributed by atoms with Crippen LogP contribution in [0.3, 0.4) is 0 Å². The molecule has 1 fully saturated rings. The van der Waals surface area contributed by atoms with Gasteiger partial charge in [0.05, 0.1) is 10.7 Å². The van der Waals surface area contributed by atoms with Gasteiger partial charge >= 0.3 is 5.97 Å². The molecule has 19 heavy (non-hydrogen) atoms. The third kappa shape index (κ3) is 3.46. The van der Waals surface area contributed by atoms with Crippen molar-refractivity contribution in [2.45, 2.75) is 25.0 Å². The lowest BCUT2D eigenvalue weighted by molar-refractivity contribution is -0.150. The van der Waals surface area contributed by atoms with Gasteiger partial charge in [-0.1, -0.05) is 27.5 Å². The van der Waals surface area contributed by atoms with Crippen molar-refractivity contribution >= 4 is 45.1 Å². The molecule has 0 radical (unpaired) electrons. The number of hydrogen-bond donors (Lipinski definition) is 2. The molecule has 2 atom stereocenters. The molecule has 1 heterocycles. The van der Waals surface area contributed by atoms with E-state index in [9.17, 15) is 9.59 Å². The van der Waals surface area contributed by atoms with Crippen molar-refractivity contribution in [3.8, 4) is 0 Å². The van der Waals surface area contributed by atoms with Crippen LogP contribution in [0.25, 0.3) is 0 Å². The van der Waals surface area contributed by atoms with Crippen molar-refractivity contribution < 1.29 is 19.4 Å². The summed E-state index contributed by atoms with van der Waals surface area (Å²) in [4.78, 5) is 22.7. The second-order valence-corrected chi connectivity index (χ2v) is 5.47. The molecule has 1 saturated heterocycles.